The Morgan fingerprint density at radius 3 is 2.15 bits per heavy atom. The van der Waals surface area contributed by atoms with Crippen LogP contribution in [0, 0.1) is 0 Å². The predicted molar refractivity (Wildman–Crippen MR) is 104 cm³/mol. The second-order valence-corrected chi connectivity index (χ2v) is 7.33. The maximum Gasteiger partial charge on any atom is 0.233 e. The summed E-state index contributed by atoms with van der Waals surface area (Å²) in [5.41, 5.74) is 2.66. The van der Waals surface area contributed by atoms with E-state index in [2.05, 4.69) is 14.7 Å². The van der Waals surface area contributed by atoms with Crippen molar-refractivity contribution in [2.45, 2.75) is 6.42 Å². The van der Waals surface area contributed by atoms with Crippen LogP contribution in [-0.4, -0.2) is 24.9 Å². The van der Waals surface area contributed by atoms with E-state index < -0.39 is 10.0 Å². The first kappa shape index (κ1) is 18.0. The molecule has 3 aromatic rings. The molecule has 0 saturated carbocycles. The molecule has 6 heteroatoms. The van der Waals surface area contributed by atoms with E-state index in [0.717, 1.165) is 16.7 Å². The molecule has 1 aromatic heterocycles. The van der Waals surface area contributed by atoms with Gasteiger partial charge in [0, 0.05) is 29.9 Å². The lowest BCUT2D eigenvalue weighted by atomic mass is 10.2. The van der Waals surface area contributed by atoms with Gasteiger partial charge in [-0.15, -0.1) is 0 Å². The van der Waals surface area contributed by atoms with Crippen LogP contribution in [0.2, 0.25) is 0 Å². The van der Waals surface area contributed by atoms with Crippen molar-refractivity contribution in [1.82, 2.24) is 14.7 Å². The highest BCUT2D eigenvalue weighted by Gasteiger charge is 2.05. The molecule has 0 atom stereocenters. The van der Waals surface area contributed by atoms with Gasteiger partial charge in [0.15, 0.2) is 5.82 Å². The van der Waals surface area contributed by atoms with Crippen molar-refractivity contribution in [1.29, 1.82) is 0 Å². The first-order valence-corrected chi connectivity index (χ1v) is 9.76. The van der Waals surface area contributed by atoms with Gasteiger partial charge in [0.05, 0.1) is 0 Å². The number of nitrogens with one attached hydrogen (secondary N) is 1. The van der Waals surface area contributed by atoms with Gasteiger partial charge >= 0.3 is 0 Å². The minimum absolute atomic E-state index is 0.287. The average Bonchev–Trinajstić information content (AvgIpc) is 2.68. The van der Waals surface area contributed by atoms with Crippen LogP contribution in [-0.2, 0) is 16.4 Å². The maximum absolute atomic E-state index is 12.0. The van der Waals surface area contributed by atoms with E-state index in [9.17, 15) is 8.42 Å². The van der Waals surface area contributed by atoms with Gasteiger partial charge in [-0.1, -0.05) is 60.7 Å². The molecule has 0 spiro atoms. The minimum Gasteiger partial charge on any atom is -0.236 e. The van der Waals surface area contributed by atoms with Crippen LogP contribution in [0.1, 0.15) is 11.1 Å². The summed E-state index contributed by atoms with van der Waals surface area (Å²) in [7, 11) is -3.47. The standard InChI is InChI=1S/C20H19N3O2S/c24-26(25,14-12-17-7-3-1-4-8-17)23-13-11-18-15-21-20(22-16-18)19-9-5-2-6-10-19/h1-10,12,14-16,23H,11,13H2. The van der Waals surface area contributed by atoms with Gasteiger partial charge < -0.3 is 0 Å². The Hall–Kier alpha value is -2.83. The molecule has 5 nitrogen and oxygen atoms in total. The summed E-state index contributed by atoms with van der Waals surface area (Å²) in [5, 5.41) is 1.18. The number of sulfonamides is 1. The molecule has 0 unspecified atom stereocenters. The Bertz CT molecular complexity index is 955. The van der Waals surface area contributed by atoms with Gasteiger partial charge in [0.2, 0.25) is 10.0 Å². The highest BCUT2D eigenvalue weighted by Crippen LogP contribution is 2.13. The first-order chi connectivity index (χ1) is 12.6. The van der Waals surface area contributed by atoms with Crippen LogP contribution in [0.4, 0.5) is 0 Å². The van der Waals surface area contributed by atoms with E-state index >= 15 is 0 Å². The number of benzene rings is 2. The summed E-state index contributed by atoms with van der Waals surface area (Å²) in [6, 6.07) is 19.0. The van der Waals surface area contributed by atoms with Crippen LogP contribution >= 0.6 is 0 Å². The molecule has 26 heavy (non-hydrogen) atoms. The van der Waals surface area contributed by atoms with Crippen molar-refractivity contribution in [3.63, 3.8) is 0 Å². The van der Waals surface area contributed by atoms with Crippen molar-refractivity contribution in [2.24, 2.45) is 0 Å². The van der Waals surface area contributed by atoms with Gasteiger partial charge in [0.1, 0.15) is 0 Å². The van der Waals surface area contributed by atoms with Crippen LogP contribution in [0.15, 0.2) is 78.5 Å². The van der Waals surface area contributed by atoms with E-state index in [-0.39, 0.29) is 6.54 Å². The predicted octanol–water partition coefficient (Wildman–Crippen LogP) is 3.28. The second-order valence-electron chi connectivity index (χ2n) is 5.68. The van der Waals surface area contributed by atoms with Crippen LogP contribution in [0.5, 0.6) is 0 Å². The lowest BCUT2D eigenvalue weighted by Gasteiger charge is -2.04. The molecule has 0 radical (unpaired) electrons. The third kappa shape index (κ3) is 5.34. The average molecular weight is 365 g/mol. The summed E-state index contributed by atoms with van der Waals surface area (Å²) >= 11 is 0. The summed E-state index contributed by atoms with van der Waals surface area (Å²) in [6.45, 7) is 0.287. The van der Waals surface area contributed by atoms with E-state index in [1.54, 1.807) is 18.5 Å². The molecular weight excluding hydrogens is 346 g/mol. The van der Waals surface area contributed by atoms with E-state index in [0.29, 0.717) is 12.2 Å². The quantitative estimate of drug-likeness (QED) is 0.697. The fraction of sp³-hybridized carbons (Fsp3) is 0.100. The molecule has 1 N–H and O–H groups in total. The molecule has 1 heterocycles. The zero-order valence-corrected chi connectivity index (χ0v) is 14.9. The number of hydrogen-bond donors (Lipinski definition) is 1. The fourth-order valence-corrected chi connectivity index (χ4v) is 3.16. The lowest BCUT2D eigenvalue weighted by Crippen LogP contribution is -2.23. The topological polar surface area (TPSA) is 72.0 Å². The van der Waals surface area contributed by atoms with Crippen LogP contribution < -0.4 is 4.72 Å². The maximum atomic E-state index is 12.0. The van der Waals surface area contributed by atoms with Gasteiger partial charge in [0.25, 0.3) is 0 Å². The van der Waals surface area contributed by atoms with Gasteiger partial charge in [-0.25, -0.2) is 23.1 Å². The molecule has 132 valence electrons. The molecule has 0 aliphatic carbocycles. The van der Waals surface area contributed by atoms with E-state index in [1.807, 2.05) is 60.7 Å². The number of nitrogens with zero attached hydrogens (tertiary/aromatic N) is 2. The van der Waals surface area contributed by atoms with Crippen molar-refractivity contribution in [3.05, 3.63) is 89.6 Å². The van der Waals surface area contributed by atoms with Gasteiger partial charge in [-0.3, -0.25) is 0 Å². The van der Waals surface area contributed by atoms with Gasteiger partial charge in [-0.2, -0.15) is 0 Å². The third-order valence-corrected chi connectivity index (χ3v) is 4.79. The zero-order valence-electron chi connectivity index (χ0n) is 14.1. The molecule has 0 aliphatic rings. The Balaban J connectivity index is 1.53. The number of rotatable bonds is 7. The summed E-state index contributed by atoms with van der Waals surface area (Å²) in [4.78, 5) is 8.68. The van der Waals surface area contributed by atoms with Crippen molar-refractivity contribution in [2.75, 3.05) is 6.54 Å². The normalized spacial score (nSPS) is 11.7. The third-order valence-electron chi connectivity index (χ3n) is 3.69. The van der Waals surface area contributed by atoms with Crippen LogP contribution in [0.3, 0.4) is 0 Å². The number of hydrogen-bond acceptors (Lipinski definition) is 4. The summed E-state index contributed by atoms with van der Waals surface area (Å²) in [5.74, 6) is 0.653. The van der Waals surface area contributed by atoms with Crippen molar-refractivity contribution >= 4 is 16.1 Å². The summed E-state index contributed by atoms with van der Waals surface area (Å²) in [6.07, 6.45) is 5.54. The molecule has 0 amide bonds. The monoisotopic (exact) mass is 365 g/mol. The van der Waals surface area contributed by atoms with E-state index in [4.69, 9.17) is 0 Å². The van der Waals surface area contributed by atoms with Crippen molar-refractivity contribution in [3.8, 4) is 11.4 Å². The molecule has 0 aliphatic heterocycles. The molecule has 2 aromatic carbocycles. The molecule has 3 rings (SSSR count). The van der Waals surface area contributed by atoms with Gasteiger partial charge in [-0.05, 0) is 23.6 Å². The Morgan fingerprint density at radius 1 is 0.885 bits per heavy atom. The number of aromatic nitrogens is 2. The molecule has 0 bridgehead atoms. The smallest absolute Gasteiger partial charge is 0.233 e. The SMILES string of the molecule is O=S(=O)(C=Cc1ccccc1)NCCc1cnc(-c2ccccc2)nc1. The molecule has 0 fully saturated rings. The Labute approximate surface area is 153 Å². The van der Waals surface area contributed by atoms with E-state index in [1.165, 1.54) is 5.41 Å². The highest BCUT2D eigenvalue weighted by atomic mass is 32.2. The lowest BCUT2D eigenvalue weighted by molar-refractivity contribution is 0.591. The van der Waals surface area contributed by atoms with Crippen LogP contribution in [0.25, 0.3) is 17.5 Å². The second kappa shape index (κ2) is 8.51. The molecule has 0 saturated heterocycles. The van der Waals surface area contributed by atoms with Crippen molar-refractivity contribution < 1.29 is 8.42 Å². The first-order valence-electron chi connectivity index (χ1n) is 8.21. The largest absolute Gasteiger partial charge is 0.236 e. The molecular formula is C20H19N3O2S. The fourth-order valence-electron chi connectivity index (χ4n) is 2.34. The minimum atomic E-state index is -3.47. The highest BCUT2D eigenvalue weighted by molar-refractivity contribution is 7.92. The Kier molecular flexibility index (Phi) is 5.88. The zero-order chi connectivity index (χ0) is 18.2. The Morgan fingerprint density at radius 2 is 1.50 bits per heavy atom. The summed E-state index contributed by atoms with van der Waals surface area (Å²) < 4.78 is 26.6.